The Morgan fingerprint density at radius 2 is 0.701 bits per heavy atom. The van der Waals surface area contributed by atoms with Gasteiger partial charge in [0.15, 0.2) is 0 Å². The van der Waals surface area contributed by atoms with Crippen LogP contribution in [0.3, 0.4) is 0 Å². The van der Waals surface area contributed by atoms with E-state index in [-0.39, 0.29) is 13.4 Å². The third kappa shape index (κ3) is 5.05. The van der Waals surface area contributed by atoms with Gasteiger partial charge in [-0.1, -0.05) is 121 Å². The monoisotopic (exact) mass is 871 g/mol. The van der Waals surface area contributed by atoms with E-state index in [9.17, 15) is 0 Å². The Labute approximate surface area is 394 Å². The van der Waals surface area contributed by atoms with E-state index in [1.807, 2.05) is 11.3 Å². The van der Waals surface area contributed by atoms with E-state index in [0.717, 1.165) is 22.7 Å². The lowest BCUT2D eigenvalue weighted by atomic mass is 9.35. The van der Waals surface area contributed by atoms with Crippen molar-refractivity contribution in [3.8, 4) is 0 Å². The topological polar surface area (TPSA) is 16.2 Å². The third-order valence-electron chi connectivity index (χ3n) is 14.5. The summed E-state index contributed by atoms with van der Waals surface area (Å²) in [6.45, 7) is 2.30. The zero-order valence-corrected chi connectivity index (χ0v) is 37.4. The highest BCUT2D eigenvalue weighted by atomic mass is 32.1. The van der Waals surface area contributed by atoms with Gasteiger partial charge in [-0.15, -0.1) is 0 Å². The molecule has 0 spiro atoms. The maximum atomic E-state index is 2.65. The normalized spacial score (nSPS) is 13.9. The lowest BCUT2D eigenvalue weighted by molar-refractivity contribution is 1.17. The van der Waals surface area contributed by atoms with Gasteiger partial charge in [-0.2, -0.15) is 11.3 Å². The van der Waals surface area contributed by atoms with Crippen molar-refractivity contribution in [1.29, 1.82) is 0 Å². The van der Waals surface area contributed by atoms with Gasteiger partial charge in [-0.3, -0.25) is 0 Å². The van der Waals surface area contributed by atoms with E-state index in [1.165, 1.54) is 99.5 Å². The first-order chi connectivity index (χ1) is 33.2. The number of hydrogen-bond donors (Lipinski definition) is 0. The van der Waals surface area contributed by atoms with Crippen LogP contribution in [-0.4, -0.2) is 13.4 Å². The van der Waals surface area contributed by atoms with Crippen LogP contribution in [0.5, 0.6) is 0 Å². The maximum absolute atomic E-state index is 2.65. The standard InChI is InChI=1S/C59H39B2N5S/c1-38-34-50-54-51(35-38)65-48-32-18-19-33-49(48)66-53-37-43(62(39-20-6-2-7-21-39)40-22-8-3-9-23-40)36-52-55(53)61(45-29-15-17-31-47(45)64(52)42-26-12-5-13-27-42)59-57(66)56(65)58(67-59)60(54)44-28-14-16-30-46(44)63(50)41-24-10-4-11-25-41/h2-37H,1H3. The van der Waals surface area contributed by atoms with Crippen molar-refractivity contribution in [2.24, 2.45) is 0 Å². The SMILES string of the molecule is Cc1cc2c3c(c1)N1c4ccccc4N4c5cc(N(c6ccccc6)c6ccccc6)cc6c5B(c5ccccc5N6c5ccccc5)c5sc(c1c54)B3c1ccccc1N2c1ccccc1. The van der Waals surface area contributed by atoms with E-state index in [0.29, 0.717) is 0 Å². The summed E-state index contributed by atoms with van der Waals surface area (Å²) in [5.41, 5.74) is 24.6. The first kappa shape index (κ1) is 37.1. The molecule has 0 radical (unpaired) electrons. The molecule has 9 aromatic carbocycles. The summed E-state index contributed by atoms with van der Waals surface area (Å²) in [5, 5.41) is 0. The molecule has 0 fully saturated rings. The highest BCUT2D eigenvalue weighted by molar-refractivity contribution is 7.39. The Morgan fingerprint density at radius 1 is 0.343 bits per heavy atom. The predicted octanol–water partition coefficient (Wildman–Crippen LogP) is 12.0. The minimum absolute atomic E-state index is 0.00459. The van der Waals surface area contributed by atoms with Crippen LogP contribution in [0.25, 0.3) is 0 Å². The molecule has 0 atom stereocenters. The highest BCUT2D eigenvalue weighted by Crippen LogP contribution is 2.59. The lowest BCUT2D eigenvalue weighted by Gasteiger charge is -2.49. The Morgan fingerprint density at radius 3 is 1.16 bits per heavy atom. The van der Waals surface area contributed by atoms with Crippen molar-refractivity contribution >= 4 is 141 Å². The summed E-state index contributed by atoms with van der Waals surface area (Å²) in [6.07, 6.45) is 0. The van der Waals surface area contributed by atoms with E-state index in [1.54, 1.807) is 0 Å². The van der Waals surface area contributed by atoms with Crippen LogP contribution in [0.2, 0.25) is 0 Å². The molecular formula is C59H39B2N5S. The number of anilines is 15. The van der Waals surface area contributed by atoms with Gasteiger partial charge in [0.05, 0.1) is 28.4 Å². The van der Waals surface area contributed by atoms with Gasteiger partial charge in [0, 0.05) is 66.4 Å². The zero-order chi connectivity index (χ0) is 43.9. The summed E-state index contributed by atoms with van der Waals surface area (Å²) in [4.78, 5) is 12.7. The van der Waals surface area contributed by atoms with Crippen LogP contribution in [-0.2, 0) is 0 Å². The minimum atomic E-state index is -0.00459. The average Bonchev–Trinajstić information content (AvgIpc) is 3.77. The molecule has 67 heavy (non-hydrogen) atoms. The fraction of sp³-hybridized carbons (Fsp3) is 0.0169. The number of rotatable bonds is 5. The number of thiophene rings is 1. The number of aryl methyl sites for hydroxylation is 1. The Kier molecular flexibility index (Phi) is 7.70. The van der Waals surface area contributed by atoms with Gasteiger partial charge < -0.3 is 24.5 Å². The van der Waals surface area contributed by atoms with Crippen LogP contribution in [0, 0.1) is 6.92 Å². The number of nitrogens with zero attached hydrogens (tertiary/aromatic N) is 5. The van der Waals surface area contributed by atoms with E-state index >= 15 is 0 Å². The van der Waals surface area contributed by atoms with Gasteiger partial charge in [0.25, 0.3) is 13.4 Å². The van der Waals surface area contributed by atoms with Crippen molar-refractivity contribution in [3.63, 3.8) is 0 Å². The fourth-order valence-electron chi connectivity index (χ4n) is 12.0. The van der Waals surface area contributed by atoms with Crippen molar-refractivity contribution in [3.05, 3.63) is 224 Å². The predicted molar refractivity (Wildman–Crippen MR) is 285 cm³/mol. The molecule has 1 aromatic heterocycles. The molecule has 15 rings (SSSR count). The van der Waals surface area contributed by atoms with Crippen molar-refractivity contribution in [2.45, 2.75) is 6.92 Å². The largest absolute Gasteiger partial charge is 0.311 e. The number of benzene rings is 9. The quantitative estimate of drug-likeness (QED) is 0.160. The molecule has 5 aliphatic rings. The van der Waals surface area contributed by atoms with Crippen LogP contribution in [0.15, 0.2) is 218 Å². The molecule has 10 aromatic rings. The van der Waals surface area contributed by atoms with Gasteiger partial charge in [-0.25, -0.2) is 0 Å². The van der Waals surface area contributed by atoms with E-state index in [2.05, 4.69) is 250 Å². The number of para-hydroxylation sites is 8. The molecule has 312 valence electrons. The molecular weight excluding hydrogens is 832 g/mol. The van der Waals surface area contributed by atoms with Crippen molar-refractivity contribution in [2.75, 3.05) is 24.5 Å². The van der Waals surface area contributed by atoms with E-state index in [4.69, 9.17) is 0 Å². The van der Waals surface area contributed by atoms with Crippen LogP contribution in [0.1, 0.15) is 5.56 Å². The molecule has 0 amide bonds. The maximum Gasteiger partial charge on any atom is 0.264 e. The van der Waals surface area contributed by atoms with Crippen molar-refractivity contribution < 1.29 is 0 Å². The minimum Gasteiger partial charge on any atom is -0.311 e. The smallest absolute Gasteiger partial charge is 0.264 e. The molecule has 5 aliphatic heterocycles. The summed E-state index contributed by atoms with van der Waals surface area (Å²) in [5.74, 6) is 0. The third-order valence-corrected chi connectivity index (χ3v) is 15.8. The average molecular weight is 872 g/mol. The van der Waals surface area contributed by atoms with Gasteiger partial charge >= 0.3 is 0 Å². The Hall–Kier alpha value is -8.19. The fourth-order valence-corrected chi connectivity index (χ4v) is 13.5. The second kappa shape index (κ2) is 13.9. The Balaban J connectivity index is 1.07. The van der Waals surface area contributed by atoms with Gasteiger partial charge in [-0.05, 0) is 131 Å². The van der Waals surface area contributed by atoms with Crippen LogP contribution in [0.4, 0.5) is 85.3 Å². The van der Waals surface area contributed by atoms with Gasteiger partial charge in [0.1, 0.15) is 0 Å². The summed E-state index contributed by atoms with van der Waals surface area (Å²) in [6, 6.07) is 80.8. The second-order valence-corrected chi connectivity index (χ2v) is 19.2. The first-order valence-corrected chi connectivity index (χ1v) is 24.0. The van der Waals surface area contributed by atoms with Gasteiger partial charge in [0.2, 0.25) is 0 Å². The molecule has 0 unspecified atom stereocenters. The van der Waals surface area contributed by atoms with E-state index < -0.39 is 0 Å². The molecule has 0 bridgehead atoms. The second-order valence-electron chi connectivity index (χ2n) is 18.1. The van der Waals surface area contributed by atoms with Crippen molar-refractivity contribution in [1.82, 2.24) is 0 Å². The molecule has 5 nitrogen and oxygen atoms in total. The molecule has 0 saturated carbocycles. The highest BCUT2D eigenvalue weighted by Gasteiger charge is 2.54. The summed E-state index contributed by atoms with van der Waals surface area (Å²) in [7, 11) is 0. The lowest BCUT2D eigenvalue weighted by Crippen LogP contribution is -2.61. The van der Waals surface area contributed by atoms with Crippen LogP contribution < -0.4 is 55.9 Å². The molecule has 0 aliphatic carbocycles. The molecule has 0 saturated heterocycles. The Bertz CT molecular complexity index is 3620. The molecule has 6 heterocycles. The zero-order valence-electron chi connectivity index (χ0n) is 36.6. The number of hydrogen-bond acceptors (Lipinski definition) is 6. The number of fused-ring (bicyclic) bond motifs is 11. The summed E-state index contributed by atoms with van der Waals surface area (Å²) < 4.78 is 2.79. The van der Waals surface area contributed by atoms with Crippen LogP contribution >= 0.6 is 11.3 Å². The summed E-state index contributed by atoms with van der Waals surface area (Å²) >= 11 is 2.03. The first-order valence-electron chi connectivity index (χ1n) is 23.2. The molecule has 8 heteroatoms. The molecule has 0 N–H and O–H groups in total.